The molecule has 0 heterocycles. The van der Waals surface area contributed by atoms with E-state index in [2.05, 4.69) is 6.07 Å². The van der Waals surface area contributed by atoms with Crippen LogP contribution >= 0.6 is 0 Å². The molecule has 0 aliphatic heterocycles. The molecule has 1 aromatic carbocycles. The molecule has 0 amide bonds. The quantitative estimate of drug-likeness (QED) is 0.825. The molecule has 0 spiro atoms. The van der Waals surface area contributed by atoms with Crippen LogP contribution in [0.2, 0.25) is 0 Å². The van der Waals surface area contributed by atoms with E-state index in [4.69, 9.17) is 15.1 Å². The summed E-state index contributed by atoms with van der Waals surface area (Å²) in [5, 5.41) is 17.5. The van der Waals surface area contributed by atoms with Crippen LogP contribution in [-0.2, 0) is 4.79 Å². The zero-order valence-corrected chi connectivity index (χ0v) is 11.3. The van der Waals surface area contributed by atoms with Crippen LogP contribution in [0.3, 0.4) is 0 Å². The number of aryl methyl sites for hydroxylation is 2. The van der Waals surface area contributed by atoms with Gasteiger partial charge in [-0.05, 0) is 55.2 Å². The highest BCUT2D eigenvalue weighted by molar-refractivity contribution is 5.85. The van der Waals surface area contributed by atoms with Gasteiger partial charge in [-0.3, -0.25) is 0 Å². The molecule has 1 unspecified atom stereocenters. The van der Waals surface area contributed by atoms with Crippen molar-refractivity contribution < 1.29 is 14.6 Å². The standard InChI is InChI=1S/C15H17NO3/c1-4-13(9-16)19-15-10(2)7-12(8-11(15)3)5-6-14(17)18/h5-8,13H,4H2,1-3H3,(H,17,18). The number of benzene rings is 1. The molecule has 0 fully saturated rings. The van der Waals surface area contributed by atoms with E-state index < -0.39 is 12.1 Å². The highest BCUT2D eigenvalue weighted by atomic mass is 16.5. The van der Waals surface area contributed by atoms with Gasteiger partial charge in [0.05, 0.1) is 0 Å². The number of rotatable bonds is 5. The summed E-state index contributed by atoms with van der Waals surface area (Å²) in [6.45, 7) is 5.65. The fraction of sp³-hybridized carbons (Fsp3) is 0.333. The van der Waals surface area contributed by atoms with Gasteiger partial charge in [-0.15, -0.1) is 0 Å². The second-order valence-electron chi connectivity index (χ2n) is 4.30. The number of nitriles is 1. The van der Waals surface area contributed by atoms with Crippen molar-refractivity contribution in [1.82, 2.24) is 0 Å². The molecule has 0 bridgehead atoms. The largest absolute Gasteiger partial charge is 0.478 e. The second kappa shape index (κ2) is 6.60. The van der Waals surface area contributed by atoms with Crippen LogP contribution in [0.1, 0.15) is 30.0 Å². The van der Waals surface area contributed by atoms with Gasteiger partial charge in [-0.1, -0.05) is 6.92 Å². The normalized spacial score (nSPS) is 12.1. The van der Waals surface area contributed by atoms with Gasteiger partial charge >= 0.3 is 5.97 Å². The van der Waals surface area contributed by atoms with Crippen molar-refractivity contribution in [2.24, 2.45) is 0 Å². The van der Waals surface area contributed by atoms with Crippen molar-refractivity contribution in [3.8, 4) is 11.8 Å². The molecule has 0 radical (unpaired) electrons. The molecule has 1 N–H and O–H groups in total. The van der Waals surface area contributed by atoms with Crippen LogP contribution in [0.25, 0.3) is 6.08 Å². The van der Waals surface area contributed by atoms with Crippen LogP contribution in [-0.4, -0.2) is 17.2 Å². The first-order chi connectivity index (χ1) is 8.97. The monoisotopic (exact) mass is 259 g/mol. The van der Waals surface area contributed by atoms with Crippen molar-refractivity contribution in [3.05, 3.63) is 34.9 Å². The minimum Gasteiger partial charge on any atom is -0.478 e. The zero-order chi connectivity index (χ0) is 14.4. The van der Waals surface area contributed by atoms with Crippen LogP contribution in [0, 0.1) is 25.2 Å². The summed E-state index contributed by atoms with van der Waals surface area (Å²) in [7, 11) is 0. The number of nitrogens with zero attached hydrogens (tertiary/aromatic N) is 1. The van der Waals surface area contributed by atoms with Crippen molar-refractivity contribution in [3.63, 3.8) is 0 Å². The summed E-state index contributed by atoms with van der Waals surface area (Å²) in [6.07, 6.45) is 2.79. The topological polar surface area (TPSA) is 70.3 Å². The first-order valence-electron chi connectivity index (χ1n) is 6.06. The Kier molecular flexibility index (Phi) is 5.13. The van der Waals surface area contributed by atoms with E-state index in [1.165, 1.54) is 6.08 Å². The Morgan fingerprint density at radius 1 is 1.47 bits per heavy atom. The third-order valence-electron chi connectivity index (χ3n) is 2.68. The van der Waals surface area contributed by atoms with Crippen molar-refractivity contribution in [2.45, 2.75) is 33.3 Å². The Balaban J connectivity index is 3.04. The predicted octanol–water partition coefficient (Wildman–Crippen LogP) is 3.08. The second-order valence-corrected chi connectivity index (χ2v) is 4.30. The van der Waals surface area contributed by atoms with Gasteiger partial charge in [0.2, 0.25) is 0 Å². The van der Waals surface area contributed by atoms with Crippen LogP contribution in [0.5, 0.6) is 5.75 Å². The molecule has 1 rings (SSSR count). The van der Waals surface area contributed by atoms with E-state index >= 15 is 0 Å². The first-order valence-corrected chi connectivity index (χ1v) is 6.06. The fourth-order valence-electron chi connectivity index (χ4n) is 1.78. The van der Waals surface area contributed by atoms with Gasteiger partial charge in [0.15, 0.2) is 6.10 Å². The summed E-state index contributed by atoms with van der Waals surface area (Å²) in [6, 6.07) is 5.77. The SMILES string of the molecule is CCC(C#N)Oc1c(C)cc(C=CC(=O)O)cc1C. The molecule has 100 valence electrons. The molecule has 0 saturated heterocycles. The fourth-order valence-corrected chi connectivity index (χ4v) is 1.78. The molecular weight excluding hydrogens is 242 g/mol. The summed E-state index contributed by atoms with van der Waals surface area (Å²) in [5.41, 5.74) is 2.58. The third-order valence-corrected chi connectivity index (χ3v) is 2.68. The lowest BCUT2D eigenvalue weighted by molar-refractivity contribution is -0.131. The van der Waals surface area contributed by atoms with E-state index in [0.717, 1.165) is 22.8 Å². The van der Waals surface area contributed by atoms with E-state index in [9.17, 15) is 4.79 Å². The average molecular weight is 259 g/mol. The first kappa shape index (κ1) is 14.8. The Bertz CT molecular complexity index is 518. The number of carbonyl (C=O) groups is 1. The van der Waals surface area contributed by atoms with E-state index in [1.807, 2.05) is 32.9 Å². The lowest BCUT2D eigenvalue weighted by Gasteiger charge is -2.16. The van der Waals surface area contributed by atoms with Gasteiger partial charge in [0.1, 0.15) is 11.8 Å². The predicted molar refractivity (Wildman–Crippen MR) is 72.9 cm³/mol. The van der Waals surface area contributed by atoms with Gasteiger partial charge in [-0.25, -0.2) is 4.79 Å². The van der Waals surface area contributed by atoms with Gasteiger partial charge in [-0.2, -0.15) is 5.26 Å². The van der Waals surface area contributed by atoms with Crippen LogP contribution in [0.15, 0.2) is 18.2 Å². The van der Waals surface area contributed by atoms with Crippen molar-refractivity contribution >= 4 is 12.0 Å². The minimum absolute atomic E-state index is 0.460. The number of hydrogen-bond acceptors (Lipinski definition) is 3. The van der Waals surface area contributed by atoms with Gasteiger partial charge in [0, 0.05) is 6.08 Å². The minimum atomic E-state index is -0.980. The third kappa shape index (κ3) is 4.14. The Morgan fingerprint density at radius 3 is 2.47 bits per heavy atom. The van der Waals surface area contributed by atoms with Crippen molar-refractivity contribution in [1.29, 1.82) is 5.26 Å². The lowest BCUT2D eigenvalue weighted by Crippen LogP contribution is -2.13. The molecule has 0 saturated carbocycles. The highest BCUT2D eigenvalue weighted by Gasteiger charge is 2.11. The molecule has 4 nitrogen and oxygen atoms in total. The smallest absolute Gasteiger partial charge is 0.328 e. The van der Waals surface area contributed by atoms with Crippen LogP contribution in [0.4, 0.5) is 0 Å². The number of ether oxygens (including phenoxy) is 1. The molecule has 4 heteroatoms. The van der Waals surface area contributed by atoms with Crippen LogP contribution < -0.4 is 4.74 Å². The zero-order valence-electron chi connectivity index (χ0n) is 11.3. The number of carboxylic acids is 1. The maximum atomic E-state index is 10.5. The van der Waals surface area contributed by atoms with Gasteiger partial charge < -0.3 is 9.84 Å². The summed E-state index contributed by atoms with van der Waals surface area (Å²) in [4.78, 5) is 10.5. The average Bonchev–Trinajstić information content (AvgIpc) is 2.36. The Labute approximate surface area is 112 Å². The molecule has 0 aliphatic rings. The molecule has 1 aromatic rings. The van der Waals surface area contributed by atoms with E-state index in [1.54, 1.807) is 0 Å². The number of hydrogen-bond donors (Lipinski definition) is 1. The Hall–Kier alpha value is -2.28. The molecular formula is C15H17NO3. The summed E-state index contributed by atoms with van der Waals surface area (Å²) < 4.78 is 5.65. The van der Waals surface area contributed by atoms with Crippen molar-refractivity contribution in [2.75, 3.05) is 0 Å². The van der Waals surface area contributed by atoms with E-state index in [-0.39, 0.29) is 0 Å². The molecule has 19 heavy (non-hydrogen) atoms. The number of aliphatic carboxylic acids is 1. The number of carboxylic acid groups (broad SMARTS) is 1. The summed E-state index contributed by atoms with van der Waals surface area (Å²) >= 11 is 0. The lowest BCUT2D eigenvalue weighted by atomic mass is 10.0. The Morgan fingerprint density at radius 2 is 2.05 bits per heavy atom. The maximum Gasteiger partial charge on any atom is 0.328 e. The molecule has 1 atom stereocenters. The summed E-state index contributed by atoms with van der Waals surface area (Å²) in [5.74, 6) is -0.285. The molecule has 0 aromatic heterocycles. The molecule has 0 aliphatic carbocycles. The maximum absolute atomic E-state index is 10.5. The van der Waals surface area contributed by atoms with E-state index in [0.29, 0.717) is 12.2 Å². The van der Waals surface area contributed by atoms with Gasteiger partial charge in [0.25, 0.3) is 0 Å². The highest BCUT2D eigenvalue weighted by Crippen LogP contribution is 2.26.